The van der Waals surface area contributed by atoms with Gasteiger partial charge in [-0.1, -0.05) is 18.5 Å². The van der Waals surface area contributed by atoms with Crippen molar-refractivity contribution in [3.63, 3.8) is 0 Å². The second kappa shape index (κ2) is 5.59. The maximum Gasteiger partial charge on any atom is 0.0834 e. The standard InChI is InChI=1S/C13H23ClN4/c1-9-7-10(9)12(15-2)13-11(14)8-16-18(13)6-5-17(3)4/h8-10,12,15H,5-7H2,1-4H3. The van der Waals surface area contributed by atoms with E-state index < -0.39 is 0 Å². The van der Waals surface area contributed by atoms with Gasteiger partial charge in [-0.05, 0) is 39.4 Å². The molecular formula is C13H23ClN4. The normalized spacial score (nSPS) is 24.6. The minimum Gasteiger partial charge on any atom is -0.311 e. The monoisotopic (exact) mass is 270 g/mol. The Morgan fingerprint density at radius 2 is 2.28 bits per heavy atom. The maximum atomic E-state index is 6.32. The molecule has 5 heteroatoms. The molecule has 0 saturated heterocycles. The van der Waals surface area contributed by atoms with Crippen molar-refractivity contribution >= 4 is 11.6 Å². The van der Waals surface area contributed by atoms with Crippen molar-refractivity contribution in [2.24, 2.45) is 11.8 Å². The van der Waals surface area contributed by atoms with E-state index in [1.54, 1.807) is 6.20 Å². The zero-order chi connectivity index (χ0) is 13.3. The highest BCUT2D eigenvalue weighted by molar-refractivity contribution is 6.31. The second-order valence-corrected chi connectivity index (χ2v) is 5.95. The summed E-state index contributed by atoms with van der Waals surface area (Å²) in [6, 6.07) is 0.331. The van der Waals surface area contributed by atoms with Crippen molar-refractivity contribution in [3.8, 4) is 0 Å². The molecule has 102 valence electrons. The highest BCUT2D eigenvalue weighted by Crippen LogP contribution is 2.47. The van der Waals surface area contributed by atoms with E-state index in [9.17, 15) is 0 Å². The fourth-order valence-electron chi connectivity index (χ4n) is 2.52. The summed E-state index contributed by atoms with van der Waals surface area (Å²) in [5.41, 5.74) is 1.15. The van der Waals surface area contributed by atoms with E-state index >= 15 is 0 Å². The first-order chi connectivity index (χ1) is 8.54. The Labute approximate surface area is 114 Å². The molecule has 0 aliphatic heterocycles. The molecule has 0 radical (unpaired) electrons. The Morgan fingerprint density at radius 3 is 2.78 bits per heavy atom. The summed E-state index contributed by atoms with van der Waals surface area (Å²) < 4.78 is 2.05. The Kier molecular flexibility index (Phi) is 4.30. The summed E-state index contributed by atoms with van der Waals surface area (Å²) in [4.78, 5) is 2.16. The number of aromatic nitrogens is 2. The van der Waals surface area contributed by atoms with E-state index in [0.29, 0.717) is 12.0 Å². The lowest BCUT2D eigenvalue weighted by Crippen LogP contribution is -2.26. The van der Waals surface area contributed by atoms with E-state index in [4.69, 9.17) is 11.6 Å². The highest BCUT2D eigenvalue weighted by Gasteiger charge is 2.41. The third kappa shape index (κ3) is 2.87. The van der Waals surface area contributed by atoms with Gasteiger partial charge in [-0.2, -0.15) is 5.10 Å². The maximum absolute atomic E-state index is 6.32. The first-order valence-electron chi connectivity index (χ1n) is 6.57. The molecule has 0 bridgehead atoms. The fourth-order valence-corrected chi connectivity index (χ4v) is 2.78. The van der Waals surface area contributed by atoms with Gasteiger partial charge in [0, 0.05) is 6.54 Å². The molecule has 1 fully saturated rings. The van der Waals surface area contributed by atoms with Crippen molar-refractivity contribution in [1.29, 1.82) is 0 Å². The predicted molar refractivity (Wildman–Crippen MR) is 74.9 cm³/mol. The van der Waals surface area contributed by atoms with E-state index in [0.717, 1.165) is 29.7 Å². The molecule has 2 rings (SSSR count). The van der Waals surface area contributed by atoms with Gasteiger partial charge in [0.05, 0.1) is 29.5 Å². The summed E-state index contributed by atoms with van der Waals surface area (Å²) in [6.07, 6.45) is 3.05. The number of nitrogens with zero attached hydrogens (tertiary/aromatic N) is 3. The molecule has 1 aromatic rings. The van der Waals surface area contributed by atoms with E-state index in [1.165, 1.54) is 6.42 Å². The number of hydrogen-bond donors (Lipinski definition) is 1. The van der Waals surface area contributed by atoms with Gasteiger partial charge in [-0.3, -0.25) is 4.68 Å². The Balaban J connectivity index is 2.16. The highest BCUT2D eigenvalue weighted by atomic mass is 35.5. The Morgan fingerprint density at radius 1 is 1.61 bits per heavy atom. The number of halogens is 1. The van der Waals surface area contributed by atoms with Gasteiger partial charge >= 0.3 is 0 Å². The summed E-state index contributed by atoms with van der Waals surface area (Å²) in [5, 5.41) is 8.60. The summed E-state index contributed by atoms with van der Waals surface area (Å²) in [6.45, 7) is 4.15. The number of hydrogen-bond acceptors (Lipinski definition) is 3. The van der Waals surface area contributed by atoms with Gasteiger partial charge in [0.25, 0.3) is 0 Å². The second-order valence-electron chi connectivity index (χ2n) is 5.55. The van der Waals surface area contributed by atoms with Gasteiger partial charge < -0.3 is 10.2 Å². The molecule has 3 unspecified atom stereocenters. The van der Waals surface area contributed by atoms with Gasteiger partial charge in [0.2, 0.25) is 0 Å². The molecule has 1 aromatic heterocycles. The largest absolute Gasteiger partial charge is 0.311 e. The van der Waals surface area contributed by atoms with E-state index in [-0.39, 0.29) is 0 Å². The third-order valence-electron chi connectivity index (χ3n) is 3.80. The first kappa shape index (κ1) is 13.8. The summed E-state index contributed by atoms with van der Waals surface area (Å²) >= 11 is 6.32. The molecule has 1 aliphatic carbocycles. The zero-order valence-corrected chi connectivity index (χ0v) is 12.4. The SMILES string of the molecule is CNC(c1c(Cl)cnn1CCN(C)C)C1CC1C. The average molecular weight is 271 g/mol. The lowest BCUT2D eigenvalue weighted by atomic mass is 10.1. The Hall–Kier alpha value is -0.580. The van der Waals surface area contributed by atoms with E-state index in [1.807, 2.05) is 7.05 Å². The molecule has 4 nitrogen and oxygen atoms in total. The number of likely N-dealkylation sites (N-methyl/N-ethyl adjacent to an activating group) is 1. The van der Waals surface area contributed by atoms with Crippen LogP contribution in [0.25, 0.3) is 0 Å². The van der Waals surface area contributed by atoms with Crippen LogP contribution in [0.5, 0.6) is 0 Å². The van der Waals surface area contributed by atoms with Crippen LogP contribution in [0.3, 0.4) is 0 Å². The van der Waals surface area contributed by atoms with Crippen LogP contribution in [0.15, 0.2) is 6.20 Å². The van der Waals surface area contributed by atoms with Crippen LogP contribution in [-0.2, 0) is 6.54 Å². The third-order valence-corrected chi connectivity index (χ3v) is 4.09. The van der Waals surface area contributed by atoms with Crippen LogP contribution in [0.2, 0.25) is 5.02 Å². The molecule has 1 saturated carbocycles. The molecule has 18 heavy (non-hydrogen) atoms. The molecular weight excluding hydrogens is 248 g/mol. The molecule has 1 heterocycles. The minimum atomic E-state index is 0.331. The summed E-state index contributed by atoms with van der Waals surface area (Å²) in [5.74, 6) is 1.48. The zero-order valence-electron chi connectivity index (χ0n) is 11.7. The quantitative estimate of drug-likeness (QED) is 0.859. The Bertz CT molecular complexity index is 402. The van der Waals surface area contributed by atoms with Crippen molar-refractivity contribution in [2.45, 2.75) is 25.9 Å². The fraction of sp³-hybridized carbons (Fsp3) is 0.769. The van der Waals surface area contributed by atoms with Crippen LogP contribution in [0.4, 0.5) is 0 Å². The van der Waals surface area contributed by atoms with Crippen LogP contribution in [0.1, 0.15) is 25.1 Å². The molecule has 1 aliphatic rings. The summed E-state index contributed by atoms with van der Waals surface area (Å²) in [7, 11) is 6.15. The van der Waals surface area contributed by atoms with E-state index in [2.05, 4.69) is 41.0 Å². The smallest absolute Gasteiger partial charge is 0.0834 e. The van der Waals surface area contributed by atoms with Crippen molar-refractivity contribution in [2.75, 3.05) is 27.7 Å². The lowest BCUT2D eigenvalue weighted by molar-refractivity contribution is 0.358. The van der Waals surface area contributed by atoms with Gasteiger partial charge in [-0.15, -0.1) is 0 Å². The van der Waals surface area contributed by atoms with Crippen LogP contribution in [-0.4, -0.2) is 42.4 Å². The average Bonchev–Trinajstić information content (AvgIpc) is 2.91. The van der Waals surface area contributed by atoms with Gasteiger partial charge in [0.1, 0.15) is 0 Å². The topological polar surface area (TPSA) is 33.1 Å². The van der Waals surface area contributed by atoms with Crippen molar-refractivity contribution in [1.82, 2.24) is 20.0 Å². The first-order valence-corrected chi connectivity index (χ1v) is 6.95. The minimum absolute atomic E-state index is 0.331. The predicted octanol–water partition coefficient (Wildman–Crippen LogP) is 2.01. The lowest BCUT2D eigenvalue weighted by Gasteiger charge is -2.19. The van der Waals surface area contributed by atoms with Crippen molar-refractivity contribution < 1.29 is 0 Å². The van der Waals surface area contributed by atoms with Crippen LogP contribution in [0, 0.1) is 11.8 Å². The van der Waals surface area contributed by atoms with Gasteiger partial charge in [0.15, 0.2) is 0 Å². The number of rotatable bonds is 6. The molecule has 0 spiro atoms. The van der Waals surface area contributed by atoms with Crippen LogP contribution < -0.4 is 5.32 Å². The van der Waals surface area contributed by atoms with Gasteiger partial charge in [-0.25, -0.2) is 0 Å². The number of nitrogens with one attached hydrogen (secondary N) is 1. The van der Waals surface area contributed by atoms with Crippen LogP contribution >= 0.6 is 11.6 Å². The molecule has 0 amide bonds. The molecule has 1 N–H and O–H groups in total. The molecule has 0 aromatic carbocycles. The molecule has 3 atom stereocenters. The van der Waals surface area contributed by atoms with Crippen molar-refractivity contribution in [3.05, 3.63) is 16.9 Å².